The lowest BCUT2D eigenvalue weighted by Crippen LogP contribution is -2.38. The zero-order chi connectivity index (χ0) is 13.3. The van der Waals surface area contributed by atoms with Crippen molar-refractivity contribution in [2.75, 3.05) is 25.4 Å². The minimum absolute atomic E-state index is 0.0175. The molecule has 0 radical (unpaired) electrons. The Bertz CT molecular complexity index is 301. The summed E-state index contributed by atoms with van der Waals surface area (Å²) in [6, 6.07) is 0. The fourth-order valence-electron chi connectivity index (χ4n) is 4.78. The van der Waals surface area contributed by atoms with Crippen molar-refractivity contribution in [1.82, 2.24) is 4.90 Å². The summed E-state index contributed by atoms with van der Waals surface area (Å²) in [5.41, 5.74) is 0.462. The summed E-state index contributed by atoms with van der Waals surface area (Å²) in [5, 5.41) is 10.0. The van der Waals surface area contributed by atoms with Crippen LogP contribution in [-0.4, -0.2) is 41.5 Å². The van der Waals surface area contributed by atoms with Gasteiger partial charge in [-0.3, -0.25) is 0 Å². The second kappa shape index (κ2) is 5.95. The molecule has 0 aromatic carbocycles. The summed E-state index contributed by atoms with van der Waals surface area (Å²) < 4.78 is 0. The predicted molar refractivity (Wildman–Crippen MR) is 82.6 cm³/mol. The highest BCUT2D eigenvalue weighted by molar-refractivity contribution is 7.80. The van der Waals surface area contributed by atoms with E-state index in [4.69, 9.17) is 12.6 Å². The first-order valence-corrected chi connectivity index (χ1v) is 8.87. The molecule has 3 aliphatic rings. The Morgan fingerprint density at radius 2 is 1.79 bits per heavy atom. The molecule has 0 aromatic rings. The van der Waals surface area contributed by atoms with Crippen LogP contribution in [0.4, 0.5) is 0 Å². The molecule has 19 heavy (non-hydrogen) atoms. The standard InChI is InChI=1S/C16H29NOS/c18-15-6-5-13-9-17(10-14(13)15)11-16(12-19)7-3-1-2-4-8-16/h13-15,18-19H,1-12H2. The maximum atomic E-state index is 10.0. The summed E-state index contributed by atoms with van der Waals surface area (Å²) in [6.07, 6.45) is 10.6. The van der Waals surface area contributed by atoms with E-state index in [0.29, 0.717) is 11.3 Å². The SMILES string of the molecule is OC1CCC2CN(CC3(CS)CCCCCC3)CC12. The van der Waals surface area contributed by atoms with Crippen LogP contribution >= 0.6 is 12.6 Å². The van der Waals surface area contributed by atoms with Crippen LogP contribution in [0.2, 0.25) is 0 Å². The summed E-state index contributed by atoms with van der Waals surface area (Å²) >= 11 is 4.69. The van der Waals surface area contributed by atoms with E-state index in [1.165, 1.54) is 58.0 Å². The highest BCUT2D eigenvalue weighted by Crippen LogP contribution is 2.42. The molecule has 3 heteroatoms. The number of fused-ring (bicyclic) bond motifs is 1. The third-order valence-corrected chi connectivity index (χ3v) is 6.62. The lowest BCUT2D eigenvalue weighted by atomic mass is 9.81. The molecule has 0 bridgehead atoms. The molecule has 2 saturated carbocycles. The first-order valence-electron chi connectivity index (χ1n) is 8.24. The van der Waals surface area contributed by atoms with Gasteiger partial charge < -0.3 is 10.0 Å². The van der Waals surface area contributed by atoms with Gasteiger partial charge in [-0.25, -0.2) is 0 Å². The van der Waals surface area contributed by atoms with E-state index in [9.17, 15) is 5.11 Å². The van der Waals surface area contributed by atoms with Crippen molar-refractivity contribution in [1.29, 1.82) is 0 Å². The number of likely N-dealkylation sites (tertiary alicyclic amines) is 1. The monoisotopic (exact) mass is 283 g/mol. The van der Waals surface area contributed by atoms with E-state index < -0.39 is 0 Å². The molecule has 1 N–H and O–H groups in total. The number of hydrogen-bond donors (Lipinski definition) is 2. The van der Waals surface area contributed by atoms with Crippen LogP contribution < -0.4 is 0 Å². The largest absolute Gasteiger partial charge is 0.393 e. The van der Waals surface area contributed by atoms with Gasteiger partial charge in [-0.1, -0.05) is 25.7 Å². The van der Waals surface area contributed by atoms with E-state index in [0.717, 1.165) is 24.6 Å². The number of thiol groups is 1. The van der Waals surface area contributed by atoms with Crippen LogP contribution in [0.25, 0.3) is 0 Å². The Balaban J connectivity index is 1.60. The van der Waals surface area contributed by atoms with Gasteiger partial charge in [0.2, 0.25) is 0 Å². The lowest BCUT2D eigenvalue weighted by Gasteiger charge is -2.36. The van der Waals surface area contributed by atoms with E-state index in [1.54, 1.807) is 0 Å². The summed E-state index contributed by atoms with van der Waals surface area (Å²) in [6.45, 7) is 3.61. The maximum Gasteiger partial charge on any atom is 0.0583 e. The molecular weight excluding hydrogens is 254 g/mol. The zero-order valence-electron chi connectivity index (χ0n) is 12.1. The number of aliphatic hydroxyl groups excluding tert-OH is 1. The van der Waals surface area contributed by atoms with Crippen LogP contribution in [0.5, 0.6) is 0 Å². The lowest BCUT2D eigenvalue weighted by molar-refractivity contribution is 0.113. The summed E-state index contributed by atoms with van der Waals surface area (Å²) in [5.74, 6) is 2.39. The van der Waals surface area contributed by atoms with Gasteiger partial charge in [0.05, 0.1) is 6.10 Å². The highest BCUT2D eigenvalue weighted by Gasteiger charge is 2.43. The first kappa shape index (κ1) is 14.2. The average Bonchev–Trinajstić information content (AvgIpc) is 2.85. The quantitative estimate of drug-likeness (QED) is 0.614. The molecule has 0 aromatic heterocycles. The van der Waals surface area contributed by atoms with E-state index in [2.05, 4.69) is 4.90 Å². The molecule has 3 rings (SSSR count). The molecule has 3 unspecified atom stereocenters. The first-order chi connectivity index (χ1) is 9.22. The summed E-state index contributed by atoms with van der Waals surface area (Å²) in [4.78, 5) is 2.65. The zero-order valence-corrected chi connectivity index (χ0v) is 13.0. The van der Waals surface area contributed by atoms with Gasteiger partial charge in [-0.15, -0.1) is 0 Å². The molecule has 2 aliphatic carbocycles. The average molecular weight is 283 g/mol. The Labute approximate surface area is 123 Å². The van der Waals surface area contributed by atoms with Crippen LogP contribution in [0.1, 0.15) is 51.4 Å². The molecular formula is C16H29NOS. The van der Waals surface area contributed by atoms with Crippen molar-refractivity contribution >= 4 is 12.6 Å². The topological polar surface area (TPSA) is 23.5 Å². The van der Waals surface area contributed by atoms with Gasteiger partial charge >= 0.3 is 0 Å². The number of rotatable bonds is 3. The van der Waals surface area contributed by atoms with E-state index >= 15 is 0 Å². The number of nitrogens with zero attached hydrogens (tertiary/aromatic N) is 1. The smallest absolute Gasteiger partial charge is 0.0583 e. The Morgan fingerprint density at radius 3 is 2.42 bits per heavy atom. The van der Waals surface area contributed by atoms with Gasteiger partial charge in [-0.05, 0) is 42.8 Å². The van der Waals surface area contributed by atoms with Crippen molar-refractivity contribution in [3.05, 3.63) is 0 Å². The predicted octanol–water partition coefficient (Wildman–Crippen LogP) is 2.96. The van der Waals surface area contributed by atoms with Gasteiger partial charge in [-0.2, -0.15) is 12.6 Å². The van der Waals surface area contributed by atoms with Crippen LogP contribution in [0.3, 0.4) is 0 Å². The van der Waals surface area contributed by atoms with Crippen molar-refractivity contribution in [3.8, 4) is 0 Å². The van der Waals surface area contributed by atoms with Crippen LogP contribution in [0, 0.1) is 17.3 Å². The molecule has 1 aliphatic heterocycles. The van der Waals surface area contributed by atoms with Gasteiger partial charge in [0.25, 0.3) is 0 Å². The molecule has 110 valence electrons. The molecule has 1 heterocycles. The number of hydrogen-bond acceptors (Lipinski definition) is 3. The highest BCUT2D eigenvalue weighted by atomic mass is 32.1. The minimum atomic E-state index is -0.0175. The molecule has 1 saturated heterocycles. The van der Waals surface area contributed by atoms with E-state index in [-0.39, 0.29) is 6.10 Å². The van der Waals surface area contributed by atoms with Crippen molar-refractivity contribution in [2.45, 2.75) is 57.5 Å². The second-order valence-electron chi connectivity index (χ2n) is 7.34. The van der Waals surface area contributed by atoms with E-state index in [1.807, 2.05) is 0 Å². The Morgan fingerprint density at radius 1 is 1.05 bits per heavy atom. The minimum Gasteiger partial charge on any atom is -0.393 e. The molecule has 0 amide bonds. The Kier molecular flexibility index (Phi) is 4.45. The Hall–Kier alpha value is 0.270. The summed E-state index contributed by atoms with van der Waals surface area (Å²) in [7, 11) is 0. The fraction of sp³-hybridized carbons (Fsp3) is 1.00. The van der Waals surface area contributed by atoms with Crippen molar-refractivity contribution in [3.63, 3.8) is 0 Å². The molecule has 3 atom stereocenters. The third kappa shape index (κ3) is 2.98. The van der Waals surface area contributed by atoms with Crippen LogP contribution in [0.15, 0.2) is 0 Å². The van der Waals surface area contributed by atoms with Crippen molar-refractivity contribution < 1.29 is 5.11 Å². The molecule has 2 nitrogen and oxygen atoms in total. The van der Waals surface area contributed by atoms with Gasteiger partial charge in [0.15, 0.2) is 0 Å². The fourth-order valence-corrected chi connectivity index (χ4v) is 5.19. The normalized spacial score (nSPS) is 39.2. The van der Waals surface area contributed by atoms with Crippen LogP contribution in [-0.2, 0) is 0 Å². The number of aliphatic hydroxyl groups is 1. The molecule has 3 fully saturated rings. The van der Waals surface area contributed by atoms with Crippen molar-refractivity contribution in [2.24, 2.45) is 17.3 Å². The van der Waals surface area contributed by atoms with Gasteiger partial charge in [0.1, 0.15) is 0 Å². The third-order valence-electron chi connectivity index (χ3n) is 5.95. The second-order valence-corrected chi connectivity index (χ2v) is 7.65. The van der Waals surface area contributed by atoms with Gasteiger partial charge in [0, 0.05) is 25.6 Å². The molecule has 0 spiro atoms. The maximum absolute atomic E-state index is 10.0.